The maximum atomic E-state index is 4.20. The highest BCUT2D eigenvalue weighted by atomic mass is 15.3. The molecule has 114 valence electrons. The molecule has 0 atom stereocenters. The third-order valence-corrected chi connectivity index (χ3v) is 4.06. The number of nitrogens with zero attached hydrogens (tertiary/aromatic N) is 1. The summed E-state index contributed by atoms with van der Waals surface area (Å²) in [5, 5.41) is 13.3. The van der Waals surface area contributed by atoms with E-state index in [1.165, 1.54) is 0 Å². The van der Waals surface area contributed by atoms with Crippen LogP contribution in [0.15, 0.2) is 48.8 Å². The Balaban J connectivity index is 2.08. The van der Waals surface area contributed by atoms with Gasteiger partial charge >= 0.3 is 0 Å². The van der Waals surface area contributed by atoms with Gasteiger partial charge in [0.2, 0.25) is 0 Å². The molecule has 0 radical (unpaired) electrons. The molecule has 0 aliphatic carbocycles. The molecular weight excluding hydrogens is 274 g/mol. The molecule has 4 N–H and O–H groups in total. The number of benzene rings is 1. The fourth-order valence-corrected chi connectivity index (χ4v) is 2.73. The highest BCUT2D eigenvalue weighted by Gasteiger charge is 2.29. The highest BCUT2D eigenvalue weighted by molar-refractivity contribution is 5.83. The number of fused-ring (bicyclic) bond motifs is 1. The Morgan fingerprint density at radius 2 is 1.86 bits per heavy atom. The van der Waals surface area contributed by atoms with Crippen LogP contribution in [0, 0.1) is 0 Å². The van der Waals surface area contributed by atoms with Gasteiger partial charge in [0.05, 0.1) is 0 Å². The summed E-state index contributed by atoms with van der Waals surface area (Å²) in [6.45, 7) is 0. The van der Waals surface area contributed by atoms with E-state index in [0.717, 1.165) is 28.1 Å². The van der Waals surface area contributed by atoms with Crippen molar-refractivity contribution in [2.75, 3.05) is 26.5 Å². The number of aromatic nitrogens is 1. The lowest BCUT2D eigenvalue weighted by Crippen LogP contribution is -2.60. The van der Waals surface area contributed by atoms with Crippen LogP contribution in [0.2, 0.25) is 0 Å². The van der Waals surface area contributed by atoms with Gasteiger partial charge in [0.15, 0.2) is 5.79 Å². The zero-order valence-electron chi connectivity index (χ0n) is 13.1. The molecule has 5 heteroatoms. The molecule has 2 aromatic rings. The molecule has 1 aliphatic heterocycles. The van der Waals surface area contributed by atoms with Crippen LogP contribution in [-0.4, -0.2) is 31.9 Å². The van der Waals surface area contributed by atoms with Crippen LogP contribution < -0.4 is 21.3 Å². The molecule has 0 unspecified atom stereocenters. The topological polar surface area (TPSA) is 61.0 Å². The van der Waals surface area contributed by atoms with Gasteiger partial charge in [-0.3, -0.25) is 15.6 Å². The molecule has 0 spiro atoms. The molecule has 0 saturated heterocycles. The lowest BCUT2D eigenvalue weighted by Gasteiger charge is -2.37. The number of hydrogen-bond donors (Lipinski definition) is 4. The number of hydrogen-bond acceptors (Lipinski definition) is 5. The summed E-state index contributed by atoms with van der Waals surface area (Å²) < 4.78 is 0. The summed E-state index contributed by atoms with van der Waals surface area (Å²) in [6, 6.07) is 10.4. The van der Waals surface area contributed by atoms with Crippen molar-refractivity contribution in [2.45, 2.75) is 5.79 Å². The summed E-state index contributed by atoms with van der Waals surface area (Å²) in [7, 11) is 5.78. The molecule has 0 amide bonds. The van der Waals surface area contributed by atoms with Crippen LogP contribution in [-0.2, 0) is 0 Å². The smallest absolute Gasteiger partial charge is 0.165 e. The second kappa shape index (κ2) is 5.79. The Morgan fingerprint density at radius 3 is 2.50 bits per heavy atom. The molecule has 2 heterocycles. The van der Waals surface area contributed by atoms with Gasteiger partial charge in [0, 0.05) is 42.0 Å². The highest BCUT2D eigenvalue weighted by Crippen LogP contribution is 2.33. The molecule has 1 aliphatic rings. The van der Waals surface area contributed by atoms with E-state index >= 15 is 0 Å². The second-order valence-electron chi connectivity index (χ2n) is 5.24. The number of pyridine rings is 1. The average molecular weight is 295 g/mol. The predicted octanol–water partition coefficient (Wildman–Crippen LogP) is 1.83. The molecule has 0 fully saturated rings. The molecule has 5 nitrogen and oxygen atoms in total. The van der Waals surface area contributed by atoms with Gasteiger partial charge < -0.3 is 10.6 Å². The zero-order chi connectivity index (χ0) is 15.6. The first-order chi connectivity index (χ1) is 10.7. The van der Waals surface area contributed by atoms with Crippen LogP contribution in [0.5, 0.6) is 0 Å². The quantitative estimate of drug-likeness (QED) is 0.648. The van der Waals surface area contributed by atoms with Crippen molar-refractivity contribution < 1.29 is 0 Å². The van der Waals surface area contributed by atoms with E-state index < -0.39 is 5.79 Å². The van der Waals surface area contributed by atoms with Crippen molar-refractivity contribution in [3.05, 3.63) is 54.4 Å². The van der Waals surface area contributed by atoms with Crippen molar-refractivity contribution >= 4 is 11.4 Å². The van der Waals surface area contributed by atoms with Gasteiger partial charge in [0.25, 0.3) is 0 Å². The third-order valence-electron chi connectivity index (χ3n) is 4.06. The van der Waals surface area contributed by atoms with E-state index in [4.69, 9.17) is 0 Å². The molecular formula is C17H21N5. The second-order valence-corrected chi connectivity index (χ2v) is 5.24. The molecule has 0 bridgehead atoms. The fourth-order valence-electron chi connectivity index (χ4n) is 2.73. The monoisotopic (exact) mass is 295 g/mol. The van der Waals surface area contributed by atoms with E-state index in [9.17, 15) is 0 Å². The summed E-state index contributed by atoms with van der Waals surface area (Å²) in [4.78, 5) is 4.20. The van der Waals surface area contributed by atoms with Crippen LogP contribution in [0.25, 0.3) is 16.8 Å². The molecule has 3 rings (SSSR count). The standard InChI is InChI=1S/C17H21N5/c1-18-16-10-17(19-2,20-3)22-15-7-6-12(9-14(15)16)13-5-4-8-21-11-13/h4-11,18-20,22H,1-3H3. The maximum absolute atomic E-state index is 4.20. The van der Waals surface area contributed by atoms with E-state index in [-0.39, 0.29) is 0 Å². The Bertz CT molecular complexity index is 689. The first kappa shape index (κ1) is 14.6. The lowest BCUT2D eigenvalue weighted by atomic mass is 9.97. The van der Waals surface area contributed by atoms with Crippen molar-refractivity contribution in [3.63, 3.8) is 0 Å². The van der Waals surface area contributed by atoms with Gasteiger partial charge in [-0.15, -0.1) is 0 Å². The Kier molecular flexibility index (Phi) is 3.83. The van der Waals surface area contributed by atoms with Crippen LogP contribution in [0.4, 0.5) is 5.69 Å². The largest absolute Gasteiger partial charge is 0.388 e. The number of rotatable bonds is 4. The first-order valence-electron chi connectivity index (χ1n) is 7.33. The van der Waals surface area contributed by atoms with E-state index in [1.807, 2.05) is 33.4 Å². The molecule has 1 aromatic heterocycles. The van der Waals surface area contributed by atoms with E-state index in [2.05, 4.69) is 56.6 Å². The Hall–Kier alpha value is -2.37. The summed E-state index contributed by atoms with van der Waals surface area (Å²) >= 11 is 0. The van der Waals surface area contributed by atoms with Gasteiger partial charge in [-0.05, 0) is 43.9 Å². The van der Waals surface area contributed by atoms with Crippen LogP contribution >= 0.6 is 0 Å². The van der Waals surface area contributed by atoms with Crippen LogP contribution in [0.1, 0.15) is 5.56 Å². The van der Waals surface area contributed by atoms with Crippen LogP contribution in [0.3, 0.4) is 0 Å². The molecule has 0 saturated carbocycles. The average Bonchev–Trinajstić information content (AvgIpc) is 2.61. The fraction of sp³-hybridized carbons (Fsp3) is 0.235. The summed E-state index contributed by atoms with van der Waals surface area (Å²) in [5.41, 5.74) is 5.55. The summed E-state index contributed by atoms with van der Waals surface area (Å²) in [6.07, 6.45) is 5.78. The minimum absolute atomic E-state index is 0.457. The van der Waals surface area contributed by atoms with Crippen molar-refractivity contribution in [3.8, 4) is 11.1 Å². The molecule has 22 heavy (non-hydrogen) atoms. The van der Waals surface area contributed by atoms with E-state index in [1.54, 1.807) is 6.20 Å². The third kappa shape index (κ3) is 2.45. The minimum Gasteiger partial charge on any atom is -0.388 e. The number of likely N-dealkylation sites (N-methyl/N-ethyl adjacent to an activating group) is 2. The number of anilines is 1. The van der Waals surface area contributed by atoms with Crippen molar-refractivity contribution in [1.82, 2.24) is 20.9 Å². The Labute approximate surface area is 130 Å². The summed E-state index contributed by atoms with van der Waals surface area (Å²) in [5.74, 6) is -0.457. The maximum Gasteiger partial charge on any atom is 0.165 e. The zero-order valence-corrected chi connectivity index (χ0v) is 13.1. The van der Waals surface area contributed by atoms with Gasteiger partial charge in [-0.1, -0.05) is 12.1 Å². The number of nitrogens with one attached hydrogen (secondary N) is 4. The van der Waals surface area contributed by atoms with Crippen molar-refractivity contribution in [2.24, 2.45) is 0 Å². The van der Waals surface area contributed by atoms with Gasteiger partial charge in [0.1, 0.15) is 0 Å². The van der Waals surface area contributed by atoms with Crippen molar-refractivity contribution in [1.29, 1.82) is 0 Å². The molecule has 1 aromatic carbocycles. The Morgan fingerprint density at radius 1 is 1.05 bits per heavy atom. The van der Waals surface area contributed by atoms with E-state index in [0.29, 0.717) is 0 Å². The normalized spacial score (nSPS) is 15.5. The minimum atomic E-state index is -0.457. The van der Waals surface area contributed by atoms with Gasteiger partial charge in [-0.2, -0.15) is 0 Å². The SMILES string of the molecule is CNC1=CC(NC)(NC)Nc2ccc(-c3cccnc3)cc21. The lowest BCUT2D eigenvalue weighted by molar-refractivity contribution is 0.424. The van der Waals surface area contributed by atoms with Gasteiger partial charge in [-0.25, -0.2) is 0 Å². The first-order valence-corrected chi connectivity index (χ1v) is 7.33. The predicted molar refractivity (Wildman–Crippen MR) is 91.2 cm³/mol.